The third-order valence-corrected chi connectivity index (χ3v) is 5.54. The van der Waals surface area contributed by atoms with Crippen LogP contribution < -0.4 is 30.0 Å². The number of carbonyl (C=O) groups is 1. The quantitative estimate of drug-likeness (QED) is 0.512. The molecule has 10 nitrogen and oxygen atoms in total. The topological polar surface area (TPSA) is 108 Å². The number of rotatable bonds is 9. The normalized spacial score (nSPS) is 12.3. The number of ether oxygens (including phenoxy) is 3. The molecule has 1 aliphatic rings. The minimum absolute atomic E-state index is 0.218. The molecule has 0 aliphatic carbocycles. The molecule has 10 heteroatoms. The average molecular weight is 466 g/mol. The van der Waals surface area contributed by atoms with Crippen molar-refractivity contribution in [1.82, 2.24) is 20.1 Å². The van der Waals surface area contributed by atoms with Crippen LogP contribution in [0.2, 0.25) is 0 Å². The summed E-state index contributed by atoms with van der Waals surface area (Å²) in [6.45, 7) is 3.82. The smallest absolute Gasteiger partial charge is 0.286 e. The van der Waals surface area contributed by atoms with Crippen LogP contribution in [0.4, 0.5) is 11.6 Å². The lowest BCUT2D eigenvalue weighted by molar-refractivity contribution is 0.0945. The number of aromatic nitrogens is 3. The molecule has 0 saturated carbocycles. The number of hydrogen-bond donors (Lipinski definition) is 1. The first-order valence-corrected chi connectivity index (χ1v) is 11.0. The van der Waals surface area contributed by atoms with Gasteiger partial charge in [-0.25, -0.2) is 0 Å². The number of benzene rings is 2. The lowest BCUT2D eigenvalue weighted by Gasteiger charge is -2.17. The second-order valence-corrected chi connectivity index (χ2v) is 7.58. The van der Waals surface area contributed by atoms with Gasteiger partial charge in [0, 0.05) is 25.3 Å². The Kier molecular flexibility index (Phi) is 6.95. The fourth-order valence-corrected chi connectivity index (χ4v) is 3.83. The summed E-state index contributed by atoms with van der Waals surface area (Å²) >= 11 is 0. The van der Waals surface area contributed by atoms with Crippen LogP contribution in [-0.2, 0) is 13.0 Å². The average Bonchev–Trinajstić information content (AvgIpc) is 3.30. The number of anilines is 2. The summed E-state index contributed by atoms with van der Waals surface area (Å²) in [5.41, 5.74) is 1.16. The van der Waals surface area contributed by atoms with Crippen molar-refractivity contribution in [3.8, 4) is 17.2 Å². The zero-order valence-electron chi connectivity index (χ0n) is 19.4. The Morgan fingerprint density at radius 3 is 2.50 bits per heavy atom. The lowest BCUT2D eigenvalue weighted by atomic mass is 10.1. The molecule has 2 heterocycles. The molecule has 0 saturated heterocycles. The number of hydrogen-bond acceptors (Lipinski definition) is 8. The Hall–Kier alpha value is -4.08. The largest absolute Gasteiger partial charge is 0.494 e. The van der Waals surface area contributed by atoms with Crippen LogP contribution in [0.3, 0.4) is 0 Å². The molecule has 1 amide bonds. The summed E-state index contributed by atoms with van der Waals surface area (Å²) < 4.78 is 17.5. The van der Waals surface area contributed by atoms with E-state index in [1.165, 1.54) is 4.57 Å². The minimum atomic E-state index is -0.548. The van der Waals surface area contributed by atoms with E-state index in [0.717, 1.165) is 17.0 Å². The summed E-state index contributed by atoms with van der Waals surface area (Å²) in [5, 5.41) is 10.9. The molecule has 34 heavy (non-hydrogen) atoms. The summed E-state index contributed by atoms with van der Waals surface area (Å²) in [6, 6.07) is 13.1. The highest BCUT2D eigenvalue weighted by Gasteiger charge is 2.27. The predicted molar refractivity (Wildman–Crippen MR) is 126 cm³/mol. The highest BCUT2D eigenvalue weighted by Crippen LogP contribution is 2.29. The standard InChI is InChI=1S/C24H27N5O5/c1-4-34-18-8-6-17(7-9-18)28-13-14-29-23(31)21(26-27-24(28)29)22(30)25-12-11-16-5-10-19(32-2)20(15-16)33-3/h5-10,15H,4,11-14H2,1-3H3,(H,25,30). The third kappa shape index (κ3) is 4.66. The fourth-order valence-electron chi connectivity index (χ4n) is 3.83. The molecule has 0 spiro atoms. The van der Waals surface area contributed by atoms with Gasteiger partial charge < -0.3 is 24.4 Å². The molecule has 4 rings (SSSR count). The number of amides is 1. The van der Waals surface area contributed by atoms with Gasteiger partial charge in [-0.05, 0) is 55.3 Å². The number of fused-ring (bicyclic) bond motifs is 1. The molecule has 0 unspecified atom stereocenters. The van der Waals surface area contributed by atoms with E-state index < -0.39 is 11.5 Å². The van der Waals surface area contributed by atoms with E-state index in [1.807, 2.05) is 54.3 Å². The Morgan fingerprint density at radius 1 is 1.03 bits per heavy atom. The van der Waals surface area contributed by atoms with Gasteiger partial charge in [-0.15, -0.1) is 10.2 Å². The van der Waals surface area contributed by atoms with Crippen molar-refractivity contribution in [3.63, 3.8) is 0 Å². The van der Waals surface area contributed by atoms with Gasteiger partial charge in [0.05, 0.1) is 20.8 Å². The number of carbonyl (C=O) groups excluding carboxylic acids is 1. The van der Waals surface area contributed by atoms with Crippen molar-refractivity contribution in [2.75, 3.05) is 38.8 Å². The Morgan fingerprint density at radius 2 is 1.79 bits per heavy atom. The number of methoxy groups -OCH3 is 2. The molecule has 0 fully saturated rings. The molecule has 2 aromatic carbocycles. The monoisotopic (exact) mass is 465 g/mol. The third-order valence-electron chi connectivity index (χ3n) is 5.54. The molecule has 178 valence electrons. The summed E-state index contributed by atoms with van der Waals surface area (Å²) in [7, 11) is 3.14. The van der Waals surface area contributed by atoms with Crippen LogP contribution in [0, 0.1) is 0 Å². The highest BCUT2D eigenvalue weighted by molar-refractivity contribution is 5.91. The molecular formula is C24H27N5O5. The lowest BCUT2D eigenvalue weighted by Crippen LogP contribution is -2.35. The molecule has 0 radical (unpaired) electrons. The molecular weight excluding hydrogens is 438 g/mol. The SMILES string of the molecule is CCOc1ccc(N2CCn3c2nnc(C(=O)NCCc2ccc(OC)c(OC)c2)c3=O)cc1. The molecule has 1 aliphatic heterocycles. The van der Waals surface area contributed by atoms with Crippen molar-refractivity contribution < 1.29 is 19.0 Å². The van der Waals surface area contributed by atoms with Crippen molar-refractivity contribution in [2.24, 2.45) is 0 Å². The first-order valence-electron chi connectivity index (χ1n) is 11.0. The molecule has 0 atom stereocenters. The van der Waals surface area contributed by atoms with E-state index in [9.17, 15) is 9.59 Å². The zero-order chi connectivity index (χ0) is 24.1. The summed E-state index contributed by atoms with van der Waals surface area (Å²) in [5.74, 6) is 1.89. The predicted octanol–water partition coefficient (Wildman–Crippen LogP) is 2.18. The molecule has 3 aromatic rings. The molecule has 1 aromatic heterocycles. The fraction of sp³-hybridized carbons (Fsp3) is 0.333. The van der Waals surface area contributed by atoms with Crippen molar-refractivity contribution in [2.45, 2.75) is 19.9 Å². The van der Waals surface area contributed by atoms with Gasteiger partial charge in [0.25, 0.3) is 11.5 Å². The van der Waals surface area contributed by atoms with Crippen LogP contribution in [0.15, 0.2) is 47.3 Å². The van der Waals surface area contributed by atoms with Gasteiger partial charge in [0.15, 0.2) is 11.5 Å². The van der Waals surface area contributed by atoms with Crippen LogP contribution in [0.25, 0.3) is 0 Å². The van der Waals surface area contributed by atoms with E-state index >= 15 is 0 Å². The van der Waals surface area contributed by atoms with E-state index in [-0.39, 0.29) is 5.69 Å². The van der Waals surface area contributed by atoms with E-state index in [1.54, 1.807) is 14.2 Å². The number of nitrogens with zero attached hydrogens (tertiary/aromatic N) is 4. The van der Waals surface area contributed by atoms with Gasteiger partial charge in [-0.2, -0.15) is 0 Å². The van der Waals surface area contributed by atoms with Crippen molar-refractivity contribution in [1.29, 1.82) is 0 Å². The van der Waals surface area contributed by atoms with Crippen LogP contribution >= 0.6 is 0 Å². The molecule has 0 bridgehead atoms. The van der Waals surface area contributed by atoms with Crippen molar-refractivity contribution in [3.05, 3.63) is 64.1 Å². The maximum absolute atomic E-state index is 12.9. The number of nitrogens with one attached hydrogen (secondary N) is 1. The second kappa shape index (κ2) is 10.2. The summed E-state index contributed by atoms with van der Waals surface area (Å²) in [4.78, 5) is 27.5. The first-order chi connectivity index (χ1) is 16.5. The van der Waals surface area contributed by atoms with Gasteiger partial charge in [-0.3, -0.25) is 14.2 Å². The highest BCUT2D eigenvalue weighted by atomic mass is 16.5. The van der Waals surface area contributed by atoms with Crippen LogP contribution in [-0.4, -0.2) is 54.6 Å². The van der Waals surface area contributed by atoms with E-state index in [0.29, 0.717) is 50.1 Å². The Bertz CT molecular complexity index is 1230. The summed E-state index contributed by atoms with van der Waals surface area (Å²) in [6.07, 6.45) is 0.553. The zero-order valence-corrected chi connectivity index (χ0v) is 19.4. The minimum Gasteiger partial charge on any atom is -0.494 e. The van der Waals surface area contributed by atoms with Gasteiger partial charge >= 0.3 is 0 Å². The maximum Gasteiger partial charge on any atom is 0.286 e. The molecule has 1 N–H and O–H groups in total. The van der Waals surface area contributed by atoms with E-state index in [2.05, 4.69) is 15.5 Å². The Balaban J connectivity index is 1.43. The second-order valence-electron chi connectivity index (χ2n) is 7.58. The Labute approximate surface area is 197 Å². The van der Waals surface area contributed by atoms with Crippen molar-refractivity contribution >= 4 is 17.5 Å². The van der Waals surface area contributed by atoms with Gasteiger partial charge in [0.2, 0.25) is 11.6 Å². The first kappa shape index (κ1) is 23.1. The maximum atomic E-state index is 12.9. The van der Waals surface area contributed by atoms with Crippen LogP contribution in [0.5, 0.6) is 17.2 Å². The van der Waals surface area contributed by atoms with Gasteiger partial charge in [0.1, 0.15) is 5.75 Å². The van der Waals surface area contributed by atoms with Gasteiger partial charge in [-0.1, -0.05) is 6.07 Å². The van der Waals surface area contributed by atoms with E-state index in [4.69, 9.17) is 14.2 Å². The van der Waals surface area contributed by atoms with Crippen LogP contribution in [0.1, 0.15) is 23.0 Å².